The molecule has 0 aliphatic rings. The van der Waals surface area contributed by atoms with E-state index >= 15 is 0 Å². The van der Waals surface area contributed by atoms with E-state index in [2.05, 4.69) is 0 Å². The summed E-state index contributed by atoms with van der Waals surface area (Å²) in [6.07, 6.45) is 2.44. The molecule has 6 nitrogen and oxygen atoms in total. The highest BCUT2D eigenvalue weighted by molar-refractivity contribution is 7.89. The Hall–Kier alpha value is -3.42. The number of nitriles is 2. The van der Waals surface area contributed by atoms with Crippen molar-refractivity contribution in [3.8, 4) is 12.1 Å². The standard InChI is InChI=1S/C18H13N3O3S/c19-11-14-5-7-15(8-6-14)13-25(23,24)21-18(22)10-9-16-3-1-2-4-17(16)12-20/h1-10H,13H2,(H,21,22). The molecule has 0 saturated heterocycles. The zero-order chi connectivity index (χ0) is 18.3. The van der Waals surface area contributed by atoms with Crippen LogP contribution >= 0.6 is 0 Å². The van der Waals surface area contributed by atoms with E-state index < -0.39 is 15.9 Å². The monoisotopic (exact) mass is 351 g/mol. The maximum Gasteiger partial charge on any atom is 0.257 e. The molecule has 0 aromatic heterocycles. The third kappa shape index (κ3) is 5.31. The van der Waals surface area contributed by atoms with Crippen LogP contribution in [0.1, 0.15) is 22.3 Å². The van der Waals surface area contributed by atoms with Crippen LogP contribution in [-0.4, -0.2) is 14.3 Å². The van der Waals surface area contributed by atoms with Crippen molar-refractivity contribution in [1.82, 2.24) is 4.72 Å². The number of nitrogens with one attached hydrogen (secondary N) is 1. The first kappa shape index (κ1) is 17.9. The summed E-state index contributed by atoms with van der Waals surface area (Å²) in [5.41, 5.74) is 1.78. The molecule has 0 atom stereocenters. The first-order valence-corrected chi connectivity index (χ1v) is 8.79. The van der Waals surface area contributed by atoms with Gasteiger partial charge in [0.05, 0.1) is 29.0 Å². The van der Waals surface area contributed by atoms with Gasteiger partial charge in [0.2, 0.25) is 10.0 Å². The van der Waals surface area contributed by atoms with Crippen LogP contribution in [0.4, 0.5) is 0 Å². The van der Waals surface area contributed by atoms with E-state index in [0.29, 0.717) is 22.3 Å². The lowest BCUT2D eigenvalue weighted by atomic mass is 10.1. The molecule has 1 amide bonds. The van der Waals surface area contributed by atoms with Crippen molar-refractivity contribution in [2.45, 2.75) is 5.75 Å². The van der Waals surface area contributed by atoms with Crippen molar-refractivity contribution in [2.75, 3.05) is 0 Å². The predicted octanol–water partition coefficient (Wildman–Crippen LogP) is 2.09. The molecule has 0 radical (unpaired) electrons. The van der Waals surface area contributed by atoms with Gasteiger partial charge < -0.3 is 0 Å². The van der Waals surface area contributed by atoms with Gasteiger partial charge in [-0.05, 0) is 35.4 Å². The maximum absolute atomic E-state index is 12.0. The molecule has 0 bridgehead atoms. The molecule has 7 heteroatoms. The van der Waals surface area contributed by atoms with Crippen molar-refractivity contribution in [3.63, 3.8) is 0 Å². The largest absolute Gasteiger partial charge is 0.269 e. The van der Waals surface area contributed by atoms with Crippen LogP contribution in [-0.2, 0) is 20.6 Å². The first-order chi connectivity index (χ1) is 11.9. The number of hydrogen-bond donors (Lipinski definition) is 1. The lowest BCUT2D eigenvalue weighted by molar-refractivity contribution is -0.114. The lowest BCUT2D eigenvalue weighted by Gasteiger charge is -2.05. The van der Waals surface area contributed by atoms with Gasteiger partial charge in [0, 0.05) is 6.08 Å². The van der Waals surface area contributed by atoms with Gasteiger partial charge in [0.15, 0.2) is 0 Å². The van der Waals surface area contributed by atoms with Gasteiger partial charge in [-0.1, -0.05) is 30.3 Å². The van der Waals surface area contributed by atoms with Gasteiger partial charge >= 0.3 is 0 Å². The van der Waals surface area contributed by atoms with Crippen LogP contribution in [0.15, 0.2) is 54.6 Å². The Labute approximate surface area is 145 Å². The number of nitrogens with zero attached hydrogens (tertiary/aromatic N) is 2. The molecule has 2 rings (SSSR count). The molecule has 0 saturated carbocycles. The molecule has 2 aromatic rings. The van der Waals surface area contributed by atoms with E-state index in [1.807, 2.05) is 16.9 Å². The molecule has 0 aliphatic heterocycles. The van der Waals surface area contributed by atoms with Gasteiger partial charge in [-0.15, -0.1) is 0 Å². The fourth-order valence-corrected chi connectivity index (χ4v) is 3.11. The Kier molecular flexibility index (Phi) is 5.67. The second-order valence-corrected chi connectivity index (χ2v) is 6.79. The Morgan fingerprint density at radius 2 is 1.72 bits per heavy atom. The zero-order valence-corrected chi connectivity index (χ0v) is 13.8. The molecular formula is C18H13N3O3S. The summed E-state index contributed by atoms with van der Waals surface area (Å²) >= 11 is 0. The minimum atomic E-state index is -3.87. The van der Waals surface area contributed by atoms with Gasteiger partial charge in [-0.25, -0.2) is 13.1 Å². The molecule has 0 unspecified atom stereocenters. The highest BCUT2D eigenvalue weighted by Gasteiger charge is 2.14. The molecule has 0 heterocycles. The van der Waals surface area contributed by atoms with Gasteiger partial charge in [-0.3, -0.25) is 4.79 Å². The topological polar surface area (TPSA) is 111 Å². The second kappa shape index (κ2) is 7.91. The normalized spacial score (nSPS) is 10.8. The Morgan fingerprint density at radius 1 is 1.04 bits per heavy atom. The van der Waals surface area contributed by atoms with Crippen LogP contribution in [0.5, 0.6) is 0 Å². The van der Waals surface area contributed by atoms with Gasteiger partial charge in [-0.2, -0.15) is 10.5 Å². The molecule has 0 spiro atoms. The van der Waals surface area contributed by atoms with Gasteiger partial charge in [0.1, 0.15) is 0 Å². The number of carbonyl (C=O) groups is 1. The smallest absolute Gasteiger partial charge is 0.257 e. The lowest BCUT2D eigenvalue weighted by Crippen LogP contribution is -2.30. The minimum Gasteiger partial charge on any atom is -0.269 e. The van der Waals surface area contributed by atoms with E-state index in [9.17, 15) is 13.2 Å². The SMILES string of the molecule is N#Cc1ccc(CS(=O)(=O)NC(=O)C=Cc2ccccc2C#N)cc1. The van der Waals surface area contributed by atoms with Crippen molar-refractivity contribution in [2.24, 2.45) is 0 Å². The van der Waals surface area contributed by atoms with Crippen LogP contribution in [0, 0.1) is 22.7 Å². The van der Waals surface area contributed by atoms with Crippen LogP contribution in [0.3, 0.4) is 0 Å². The first-order valence-electron chi connectivity index (χ1n) is 7.14. The summed E-state index contributed by atoms with van der Waals surface area (Å²) in [7, 11) is -3.87. The van der Waals surface area contributed by atoms with Crippen LogP contribution in [0.2, 0.25) is 0 Å². The van der Waals surface area contributed by atoms with Gasteiger partial charge in [0.25, 0.3) is 5.91 Å². The van der Waals surface area contributed by atoms with Crippen LogP contribution < -0.4 is 4.72 Å². The van der Waals surface area contributed by atoms with Crippen LogP contribution in [0.25, 0.3) is 6.08 Å². The summed E-state index contributed by atoms with van der Waals surface area (Å²) < 4.78 is 26.0. The highest BCUT2D eigenvalue weighted by Crippen LogP contribution is 2.10. The average Bonchev–Trinajstić information content (AvgIpc) is 2.60. The van der Waals surface area contributed by atoms with Crippen molar-refractivity contribution in [1.29, 1.82) is 10.5 Å². The number of rotatable bonds is 5. The minimum absolute atomic E-state index is 0.381. The molecule has 0 fully saturated rings. The third-order valence-electron chi connectivity index (χ3n) is 3.19. The third-order valence-corrected chi connectivity index (χ3v) is 4.42. The summed E-state index contributed by atoms with van der Waals surface area (Å²) in [4.78, 5) is 11.8. The Morgan fingerprint density at radius 3 is 2.36 bits per heavy atom. The van der Waals surface area contributed by atoms with E-state index in [1.54, 1.807) is 24.3 Å². The Bertz CT molecular complexity index is 995. The zero-order valence-electron chi connectivity index (χ0n) is 13.0. The molecule has 1 N–H and O–H groups in total. The summed E-state index contributed by atoms with van der Waals surface area (Å²) in [6.45, 7) is 0. The maximum atomic E-state index is 12.0. The predicted molar refractivity (Wildman–Crippen MR) is 92.1 cm³/mol. The number of benzene rings is 2. The van der Waals surface area contributed by atoms with Crippen molar-refractivity contribution >= 4 is 22.0 Å². The quantitative estimate of drug-likeness (QED) is 0.829. The number of carbonyl (C=O) groups excluding carboxylic acids is 1. The van der Waals surface area contributed by atoms with E-state index in [4.69, 9.17) is 10.5 Å². The number of sulfonamides is 1. The summed E-state index contributed by atoms with van der Waals surface area (Å²) in [6, 6.07) is 16.6. The molecule has 124 valence electrons. The summed E-state index contributed by atoms with van der Waals surface area (Å²) in [5.74, 6) is -1.19. The second-order valence-electron chi connectivity index (χ2n) is 5.07. The number of amides is 1. The fourth-order valence-electron chi connectivity index (χ4n) is 2.03. The Balaban J connectivity index is 2.04. The molecule has 2 aromatic carbocycles. The van der Waals surface area contributed by atoms with E-state index in [-0.39, 0.29) is 5.75 Å². The van der Waals surface area contributed by atoms with E-state index in [0.717, 1.165) is 6.08 Å². The molecule has 0 aliphatic carbocycles. The average molecular weight is 351 g/mol. The van der Waals surface area contributed by atoms with Crippen molar-refractivity contribution in [3.05, 3.63) is 76.9 Å². The number of hydrogen-bond acceptors (Lipinski definition) is 5. The molecular weight excluding hydrogens is 338 g/mol. The summed E-state index contributed by atoms with van der Waals surface area (Å²) in [5, 5.41) is 17.7. The van der Waals surface area contributed by atoms with Crippen molar-refractivity contribution < 1.29 is 13.2 Å². The fraction of sp³-hybridized carbons (Fsp3) is 0.0556. The van der Waals surface area contributed by atoms with E-state index in [1.165, 1.54) is 30.3 Å². The highest BCUT2D eigenvalue weighted by atomic mass is 32.2. The molecule has 25 heavy (non-hydrogen) atoms.